The molecule has 0 spiro atoms. The van der Waals surface area contributed by atoms with Gasteiger partial charge in [0.2, 0.25) is 0 Å². The Labute approximate surface area is 193 Å². The highest BCUT2D eigenvalue weighted by molar-refractivity contribution is 6.51. The smallest absolute Gasteiger partial charge is 0.300 e. The molecule has 33 heavy (non-hydrogen) atoms. The van der Waals surface area contributed by atoms with Gasteiger partial charge in [0.05, 0.1) is 18.2 Å². The number of hydrogen-bond acceptors (Lipinski definition) is 5. The van der Waals surface area contributed by atoms with E-state index < -0.39 is 17.7 Å². The quantitative estimate of drug-likeness (QED) is 0.328. The molecule has 0 saturated carbocycles. The van der Waals surface area contributed by atoms with Crippen LogP contribution in [-0.2, 0) is 9.59 Å². The minimum atomic E-state index is -0.795. The van der Waals surface area contributed by atoms with E-state index in [4.69, 9.17) is 4.74 Å². The Morgan fingerprint density at radius 3 is 2.42 bits per heavy atom. The number of Topliss-reactive ketones (excluding diaryl/α,β-unsaturated/α-hetero) is 1. The summed E-state index contributed by atoms with van der Waals surface area (Å²) in [6, 6.07) is 17.0. The lowest BCUT2D eigenvalue weighted by molar-refractivity contribution is -0.132. The lowest BCUT2D eigenvalue weighted by Gasteiger charge is -2.26. The van der Waals surface area contributed by atoms with Crippen molar-refractivity contribution in [3.05, 3.63) is 95.3 Å². The van der Waals surface area contributed by atoms with Crippen molar-refractivity contribution in [3.63, 3.8) is 0 Å². The van der Waals surface area contributed by atoms with Crippen molar-refractivity contribution in [1.29, 1.82) is 0 Å². The number of ketones is 1. The third-order valence-corrected chi connectivity index (χ3v) is 5.53. The summed E-state index contributed by atoms with van der Waals surface area (Å²) >= 11 is 0. The average Bonchev–Trinajstić information content (AvgIpc) is 3.09. The second kappa shape index (κ2) is 9.28. The summed E-state index contributed by atoms with van der Waals surface area (Å²) in [5.74, 6) is -0.588. The van der Waals surface area contributed by atoms with Crippen LogP contribution in [0.3, 0.4) is 0 Å². The second-order valence-corrected chi connectivity index (χ2v) is 8.47. The van der Waals surface area contributed by atoms with Crippen LogP contribution in [0.15, 0.2) is 78.6 Å². The maximum atomic E-state index is 13.2. The molecular formula is C27H26N2O4. The minimum absolute atomic E-state index is 0.0344. The fourth-order valence-corrected chi connectivity index (χ4v) is 3.90. The molecule has 1 amide bonds. The van der Waals surface area contributed by atoms with Crippen molar-refractivity contribution in [2.24, 2.45) is 5.92 Å². The maximum absolute atomic E-state index is 13.2. The van der Waals surface area contributed by atoms with E-state index in [0.29, 0.717) is 35.1 Å². The lowest BCUT2D eigenvalue weighted by atomic mass is 9.96. The average molecular weight is 443 g/mol. The van der Waals surface area contributed by atoms with Crippen LogP contribution >= 0.6 is 0 Å². The van der Waals surface area contributed by atoms with Crippen molar-refractivity contribution in [1.82, 2.24) is 4.98 Å². The van der Waals surface area contributed by atoms with Crippen LogP contribution in [0, 0.1) is 12.8 Å². The number of aryl methyl sites for hydroxylation is 1. The molecule has 0 bridgehead atoms. The Morgan fingerprint density at radius 2 is 1.79 bits per heavy atom. The molecule has 1 saturated heterocycles. The third-order valence-electron chi connectivity index (χ3n) is 5.53. The van der Waals surface area contributed by atoms with E-state index in [-0.39, 0.29) is 11.3 Å². The molecule has 3 aromatic rings. The summed E-state index contributed by atoms with van der Waals surface area (Å²) in [5.41, 5.74) is 2.57. The number of nitrogens with zero attached hydrogens (tertiary/aromatic N) is 2. The Hall–Kier alpha value is -3.93. The standard InChI is InChI=1S/C27H26N2O4/c1-17(2)16-33-21-12-10-19(11-13-21)25(30)23-24(20-8-6-14-28-15-20)29(27(32)26(23)31)22-9-5-4-7-18(22)3/h4-15,17,24,30H,16H2,1-3H3/b25-23+. The number of rotatable bonds is 6. The summed E-state index contributed by atoms with van der Waals surface area (Å²) in [6.45, 7) is 6.58. The van der Waals surface area contributed by atoms with Crippen LogP contribution in [-0.4, -0.2) is 28.4 Å². The zero-order valence-electron chi connectivity index (χ0n) is 18.9. The summed E-state index contributed by atoms with van der Waals surface area (Å²) < 4.78 is 5.71. The molecule has 168 valence electrons. The van der Waals surface area contributed by atoms with Gasteiger partial charge in [0.25, 0.3) is 11.7 Å². The molecular weight excluding hydrogens is 416 g/mol. The largest absolute Gasteiger partial charge is 0.507 e. The van der Waals surface area contributed by atoms with Crippen molar-refractivity contribution in [3.8, 4) is 5.75 Å². The van der Waals surface area contributed by atoms with E-state index in [1.165, 1.54) is 4.90 Å². The number of para-hydroxylation sites is 1. The number of aliphatic hydroxyl groups is 1. The van der Waals surface area contributed by atoms with Crippen LogP contribution in [0.2, 0.25) is 0 Å². The molecule has 1 unspecified atom stereocenters. The van der Waals surface area contributed by atoms with Crippen molar-refractivity contribution in [2.75, 3.05) is 11.5 Å². The van der Waals surface area contributed by atoms with Gasteiger partial charge in [0.1, 0.15) is 11.5 Å². The topological polar surface area (TPSA) is 79.7 Å². The van der Waals surface area contributed by atoms with E-state index in [1.807, 2.05) is 25.1 Å². The van der Waals surface area contributed by atoms with Crippen molar-refractivity contribution >= 4 is 23.1 Å². The molecule has 1 fully saturated rings. The number of carbonyl (C=O) groups excluding carboxylic acids is 2. The second-order valence-electron chi connectivity index (χ2n) is 8.47. The molecule has 0 aliphatic carbocycles. The number of hydrogen-bond donors (Lipinski definition) is 1. The number of aliphatic hydroxyl groups excluding tert-OH is 1. The lowest BCUT2D eigenvalue weighted by Crippen LogP contribution is -2.30. The van der Waals surface area contributed by atoms with Crippen LogP contribution in [0.25, 0.3) is 5.76 Å². The molecule has 0 radical (unpaired) electrons. The number of aromatic nitrogens is 1. The Bertz CT molecular complexity index is 1200. The van der Waals surface area contributed by atoms with Crippen LogP contribution in [0.1, 0.15) is 36.6 Å². The molecule has 1 aliphatic rings. The van der Waals surface area contributed by atoms with Gasteiger partial charge in [0.15, 0.2) is 0 Å². The Kier molecular flexibility index (Phi) is 6.27. The number of carbonyl (C=O) groups is 2. The summed E-state index contributed by atoms with van der Waals surface area (Å²) in [7, 11) is 0. The molecule has 1 atom stereocenters. The van der Waals surface area contributed by atoms with E-state index in [9.17, 15) is 14.7 Å². The van der Waals surface area contributed by atoms with E-state index in [0.717, 1.165) is 5.56 Å². The van der Waals surface area contributed by atoms with Crippen LogP contribution in [0.4, 0.5) is 5.69 Å². The number of benzene rings is 2. The first-order valence-corrected chi connectivity index (χ1v) is 10.9. The van der Waals surface area contributed by atoms with Crippen LogP contribution < -0.4 is 9.64 Å². The zero-order valence-corrected chi connectivity index (χ0v) is 18.9. The number of pyridine rings is 1. The van der Waals surface area contributed by atoms with Gasteiger partial charge in [-0.25, -0.2) is 0 Å². The van der Waals surface area contributed by atoms with Crippen molar-refractivity contribution < 1.29 is 19.4 Å². The molecule has 2 aromatic carbocycles. The Morgan fingerprint density at radius 1 is 1.06 bits per heavy atom. The predicted octanol–water partition coefficient (Wildman–Crippen LogP) is 5.05. The van der Waals surface area contributed by atoms with Gasteiger partial charge in [-0.15, -0.1) is 0 Å². The molecule has 2 heterocycles. The normalized spacial score (nSPS) is 17.6. The monoisotopic (exact) mass is 442 g/mol. The number of ether oxygens (including phenoxy) is 1. The molecule has 6 nitrogen and oxygen atoms in total. The summed E-state index contributed by atoms with van der Waals surface area (Å²) in [4.78, 5) is 32.0. The van der Waals surface area contributed by atoms with E-state index in [2.05, 4.69) is 18.8 Å². The first kappa shape index (κ1) is 22.3. The molecule has 4 rings (SSSR count). The molecule has 1 aromatic heterocycles. The SMILES string of the molecule is Cc1ccccc1N1C(=O)C(=O)/C(=C(/O)c2ccc(OCC(C)C)cc2)C1c1cccnc1. The third kappa shape index (κ3) is 4.37. The minimum Gasteiger partial charge on any atom is -0.507 e. The first-order chi connectivity index (χ1) is 15.9. The number of amides is 1. The molecule has 6 heteroatoms. The fourth-order valence-electron chi connectivity index (χ4n) is 3.90. The van der Waals surface area contributed by atoms with Gasteiger partial charge in [-0.2, -0.15) is 0 Å². The Balaban J connectivity index is 1.82. The highest BCUT2D eigenvalue weighted by atomic mass is 16.5. The van der Waals surface area contributed by atoms with Gasteiger partial charge in [0, 0.05) is 23.6 Å². The maximum Gasteiger partial charge on any atom is 0.300 e. The van der Waals surface area contributed by atoms with Crippen LogP contribution in [0.5, 0.6) is 5.75 Å². The highest BCUT2D eigenvalue weighted by Crippen LogP contribution is 2.42. The molecule has 1 aliphatic heterocycles. The summed E-state index contributed by atoms with van der Waals surface area (Å²) in [5, 5.41) is 11.2. The highest BCUT2D eigenvalue weighted by Gasteiger charge is 2.47. The van der Waals surface area contributed by atoms with Gasteiger partial charge >= 0.3 is 0 Å². The van der Waals surface area contributed by atoms with Gasteiger partial charge in [-0.1, -0.05) is 38.1 Å². The van der Waals surface area contributed by atoms with Gasteiger partial charge in [-0.05, 0) is 60.4 Å². The van der Waals surface area contributed by atoms with E-state index >= 15 is 0 Å². The predicted molar refractivity (Wildman–Crippen MR) is 127 cm³/mol. The van der Waals surface area contributed by atoms with Gasteiger partial charge < -0.3 is 9.84 Å². The molecule has 1 N–H and O–H groups in total. The van der Waals surface area contributed by atoms with Gasteiger partial charge in [-0.3, -0.25) is 19.5 Å². The zero-order chi connectivity index (χ0) is 23.5. The van der Waals surface area contributed by atoms with Crippen molar-refractivity contribution in [2.45, 2.75) is 26.8 Å². The first-order valence-electron chi connectivity index (χ1n) is 10.9. The summed E-state index contributed by atoms with van der Waals surface area (Å²) in [6.07, 6.45) is 3.23. The fraction of sp³-hybridized carbons (Fsp3) is 0.222. The number of anilines is 1. The van der Waals surface area contributed by atoms with E-state index in [1.54, 1.807) is 54.9 Å².